The minimum atomic E-state index is -0.664. The third-order valence-corrected chi connectivity index (χ3v) is 3.73. The summed E-state index contributed by atoms with van der Waals surface area (Å²) in [5.74, 6) is -0.178. The number of nitrogens with one attached hydrogen (secondary N) is 1. The van der Waals surface area contributed by atoms with E-state index < -0.39 is 17.5 Å². The first-order chi connectivity index (χ1) is 12.7. The molecule has 2 aliphatic rings. The number of rotatable bonds is 2. The molecule has 1 aromatic heterocycles. The van der Waals surface area contributed by atoms with Crippen molar-refractivity contribution in [2.24, 2.45) is 4.99 Å². The van der Waals surface area contributed by atoms with Gasteiger partial charge in [0.25, 0.3) is 0 Å². The SMILES string of the molecule is CC(C)(C)OC(=O)NC1=C2CC(=Nc3nc(Cl)ncc3F)CC=C2OC=C1. The average molecular weight is 393 g/mol. The summed E-state index contributed by atoms with van der Waals surface area (Å²) in [4.78, 5) is 23.7. The Bertz CT molecular complexity index is 900. The van der Waals surface area contributed by atoms with Crippen molar-refractivity contribution in [3.05, 3.63) is 52.7 Å². The Balaban J connectivity index is 1.86. The number of ether oxygens (including phenoxy) is 2. The molecule has 2 heterocycles. The topological polar surface area (TPSA) is 85.7 Å². The number of aromatic nitrogens is 2. The van der Waals surface area contributed by atoms with E-state index in [4.69, 9.17) is 21.1 Å². The van der Waals surface area contributed by atoms with E-state index in [1.165, 1.54) is 6.26 Å². The van der Waals surface area contributed by atoms with Crippen molar-refractivity contribution in [1.82, 2.24) is 15.3 Å². The molecule has 0 aromatic carbocycles. The van der Waals surface area contributed by atoms with E-state index in [0.717, 1.165) is 6.20 Å². The van der Waals surface area contributed by atoms with Crippen LogP contribution >= 0.6 is 11.6 Å². The second-order valence-corrected chi connectivity index (χ2v) is 7.22. The zero-order valence-electron chi connectivity index (χ0n) is 15.0. The van der Waals surface area contributed by atoms with E-state index >= 15 is 0 Å². The number of hydrogen-bond acceptors (Lipinski definition) is 6. The van der Waals surface area contributed by atoms with Gasteiger partial charge in [0, 0.05) is 24.1 Å². The number of allylic oxidation sites excluding steroid dienone is 3. The fourth-order valence-corrected chi connectivity index (χ4v) is 2.63. The predicted octanol–water partition coefficient (Wildman–Crippen LogP) is 4.34. The maximum atomic E-state index is 13.8. The van der Waals surface area contributed by atoms with Crippen molar-refractivity contribution in [2.45, 2.75) is 39.2 Å². The average Bonchev–Trinajstić information content (AvgIpc) is 2.57. The Hall–Kier alpha value is -2.74. The molecule has 1 aliphatic carbocycles. The molecule has 0 saturated heterocycles. The van der Waals surface area contributed by atoms with Crippen molar-refractivity contribution in [1.29, 1.82) is 0 Å². The van der Waals surface area contributed by atoms with Crippen LogP contribution in [0.3, 0.4) is 0 Å². The Morgan fingerprint density at radius 2 is 2.22 bits per heavy atom. The fourth-order valence-electron chi connectivity index (χ4n) is 2.50. The summed E-state index contributed by atoms with van der Waals surface area (Å²) in [5, 5.41) is 2.63. The predicted molar refractivity (Wildman–Crippen MR) is 98.0 cm³/mol. The molecule has 0 spiro atoms. The molecule has 0 atom stereocenters. The number of hydrogen-bond donors (Lipinski definition) is 1. The zero-order chi connectivity index (χ0) is 19.6. The van der Waals surface area contributed by atoms with Gasteiger partial charge >= 0.3 is 6.09 Å². The van der Waals surface area contributed by atoms with E-state index in [9.17, 15) is 9.18 Å². The molecule has 1 N–H and O–H groups in total. The highest BCUT2D eigenvalue weighted by atomic mass is 35.5. The Morgan fingerprint density at radius 1 is 1.44 bits per heavy atom. The van der Waals surface area contributed by atoms with E-state index in [1.54, 1.807) is 32.9 Å². The lowest BCUT2D eigenvalue weighted by atomic mass is 9.95. The smallest absolute Gasteiger partial charge is 0.412 e. The van der Waals surface area contributed by atoms with Crippen LogP contribution in [0.2, 0.25) is 5.28 Å². The third kappa shape index (κ3) is 4.91. The molecule has 0 unspecified atom stereocenters. The van der Waals surface area contributed by atoms with Crippen molar-refractivity contribution in [2.75, 3.05) is 0 Å². The zero-order valence-corrected chi connectivity index (χ0v) is 15.8. The summed E-state index contributed by atoms with van der Waals surface area (Å²) in [5.41, 5.74) is 1.28. The van der Waals surface area contributed by atoms with Gasteiger partial charge < -0.3 is 9.47 Å². The molecule has 3 rings (SSSR count). The standard InChI is InChI=1S/C18H18ClFN4O3/c1-18(2,3)27-17(25)23-13-6-7-26-14-5-4-10(8-11(13)14)22-15-12(20)9-21-16(19)24-15/h5-7,9H,4,8H2,1-3H3,(H,23,25). The molecule has 0 bridgehead atoms. The maximum Gasteiger partial charge on any atom is 0.412 e. The molecular weight excluding hydrogens is 375 g/mol. The van der Waals surface area contributed by atoms with Crippen LogP contribution in [0, 0.1) is 5.82 Å². The largest absolute Gasteiger partial charge is 0.465 e. The molecule has 1 aliphatic heterocycles. The molecule has 0 saturated carbocycles. The molecule has 0 fully saturated rings. The first kappa shape index (κ1) is 19.0. The number of fused-ring (bicyclic) bond motifs is 1. The van der Waals surface area contributed by atoms with Gasteiger partial charge in [-0.3, -0.25) is 5.32 Å². The van der Waals surface area contributed by atoms with Crippen LogP contribution < -0.4 is 5.32 Å². The van der Waals surface area contributed by atoms with E-state index in [-0.39, 0.29) is 11.1 Å². The molecule has 142 valence electrons. The van der Waals surface area contributed by atoms with E-state index in [1.807, 2.05) is 0 Å². The normalized spacial score (nSPS) is 18.0. The second-order valence-electron chi connectivity index (χ2n) is 6.88. The summed E-state index contributed by atoms with van der Waals surface area (Å²) in [6.07, 6.45) is 6.11. The van der Waals surface area contributed by atoms with Crippen LogP contribution in [-0.2, 0) is 9.47 Å². The molecular formula is C18H18ClFN4O3. The van der Waals surface area contributed by atoms with Crippen LogP contribution in [0.25, 0.3) is 0 Å². The number of carbonyl (C=O) groups is 1. The van der Waals surface area contributed by atoms with Gasteiger partial charge in [-0.2, -0.15) is 4.98 Å². The van der Waals surface area contributed by atoms with Gasteiger partial charge in [0.1, 0.15) is 11.4 Å². The summed E-state index contributed by atoms with van der Waals surface area (Å²) in [7, 11) is 0. The van der Waals surface area contributed by atoms with Gasteiger partial charge in [-0.15, -0.1) is 0 Å². The van der Waals surface area contributed by atoms with Gasteiger partial charge in [-0.05, 0) is 44.5 Å². The van der Waals surface area contributed by atoms with Crippen molar-refractivity contribution in [3.63, 3.8) is 0 Å². The fraction of sp³-hybridized carbons (Fsp3) is 0.333. The highest BCUT2D eigenvalue weighted by molar-refractivity contribution is 6.28. The summed E-state index contributed by atoms with van der Waals surface area (Å²) in [6, 6.07) is 0. The quantitative estimate of drug-likeness (QED) is 0.756. The molecule has 1 amide bonds. The van der Waals surface area contributed by atoms with Gasteiger partial charge in [-0.1, -0.05) is 0 Å². The third-order valence-electron chi connectivity index (χ3n) is 3.55. The highest BCUT2D eigenvalue weighted by Gasteiger charge is 2.25. The first-order valence-electron chi connectivity index (χ1n) is 8.22. The summed E-state index contributed by atoms with van der Waals surface area (Å²) in [6.45, 7) is 5.34. The highest BCUT2D eigenvalue weighted by Crippen LogP contribution is 2.31. The number of alkyl carbamates (subject to hydrolysis) is 1. The minimum Gasteiger partial charge on any atom is -0.465 e. The van der Waals surface area contributed by atoms with Gasteiger partial charge in [0.15, 0.2) is 11.6 Å². The minimum absolute atomic E-state index is 0.0850. The van der Waals surface area contributed by atoms with Gasteiger partial charge in [0.2, 0.25) is 5.28 Å². The van der Waals surface area contributed by atoms with Crippen molar-refractivity contribution in [3.8, 4) is 0 Å². The second kappa shape index (κ2) is 7.48. The number of amides is 1. The molecule has 1 aromatic rings. The molecule has 0 radical (unpaired) electrons. The van der Waals surface area contributed by atoms with Crippen LogP contribution in [0.4, 0.5) is 15.0 Å². The molecule has 7 nitrogen and oxygen atoms in total. The maximum absolute atomic E-state index is 13.8. The van der Waals surface area contributed by atoms with Crippen molar-refractivity contribution >= 4 is 29.2 Å². The van der Waals surface area contributed by atoms with E-state index in [0.29, 0.717) is 35.6 Å². The Labute approximate surface area is 160 Å². The van der Waals surface area contributed by atoms with Crippen LogP contribution in [-0.4, -0.2) is 27.4 Å². The van der Waals surface area contributed by atoms with Gasteiger partial charge in [-0.25, -0.2) is 19.2 Å². The molecule has 27 heavy (non-hydrogen) atoms. The lowest BCUT2D eigenvalue weighted by Gasteiger charge is -2.25. The van der Waals surface area contributed by atoms with Gasteiger partial charge in [0.05, 0.1) is 18.2 Å². The summed E-state index contributed by atoms with van der Waals surface area (Å²) >= 11 is 5.71. The first-order valence-corrected chi connectivity index (χ1v) is 8.60. The van der Waals surface area contributed by atoms with Crippen LogP contribution in [0.1, 0.15) is 33.6 Å². The monoisotopic (exact) mass is 392 g/mol. The summed E-state index contributed by atoms with van der Waals surface area (Å²) < 4.78 is 24.6. The Morgan fingerprint density at radius 3 is 2.96 bits per heavy atom. The lowest BCUT2D eigenvalue weighted by Crippen LogP contribution is -2.33. The van der Waals surface area contributed by atoms with Crippen LogP contribution in [0.5, 0.6) is 0 Å². The Kier molecular flexibility index (Phi) is 5.27. The van der Waals surface area contributed by atoms with Crippen LogP contribution in [0.15, 0.2) is 46.6 Å². The lowest BCUT2D eigenvalue weighted by molar-refractivity contribution is 0.0546. The number of carbonyl (C=O) groups excluding carboxylic acids is 1. The number of halogens is 2. The van der Waals surface area contributed by atoms with Crippen molar-refractivity contribution < 1.29 is 18.7 Å². The molecule has 9 heteroatoms. The number of aliphatic imine (C=N–C) groups is 1. The number of nitrogens with zero attached hydrogens (tertiary/aromatic N) is 3. The van der Waals surface area contributed by atoms with E-state index in [2.05, 4.69) is 20.3 Å².